The Kier molecular flexibility index (Phi) is 5.10. The number of rotatable bonds is 7. The molecule has 6 heteroatoms. The number of hydrogen-bond donors (Lipinski definition) is 1. The van der Waals surface area contributed by atoms with E-state index in [-0.39, 0.29) is 12.5 Å². The van der Waals surface area contributed by atoms with Crippen molar-refractivity contribution in [3.8, 4) is 5.75 Å². The van der Waals surface area contributed by atoms with Gasteiger partial charge in [0.2, 0.25) is 0 Å². The zero-order valence-electron chi connectivity index (χ0n) is 15.3. The van der Waals surface area contributed by atoms with Crippen molar-refractivity contribution in [2.45, 2.75) is 35.4 Å². The fraction of sp³-hybridized carbons (Fsp3) is 0.400. The van der Waals surface area contributed by atoms with Gasteiger partial charge in [0.1, 0.15) is 5.75 Å². The Morgan fingerprint density at radius 3 is 2.23 bits per heavy atom. The lowest BCUT2D eigenvalue weighted by Gasteiger charge is -2.12. The summed E-state index contributed by atoms with van der Waals surface area (Å²) in [6.45, 7) is 4.50. The van der Waals surface area contributed by atoms with Gasteiger partial charge in [-0.2, -0.15) is 0 Å². The largest absolute Gasteiger partial charge is 0.497 e. The number of nitrogens with two attached hydrogens (primary N) is 1. The summed E-state index contributed by atoms with van der Waals surface area (Å²) in [5.41, 5.74) is 7.50. The molecule has 0 aromatic heterocycles. The molecule has 0 unspecified atom stereocenters. The first-order valence-corrected chi connectivity index (χ1v) is 10.2. The Morgan fingerprint density at radius 1 is 1.08 bits per heavy atom. The first-order chi connectivity index (χ1) is 12.3. The first-order valence-electron chi connectivity index (χ1n) is 8.65. The summed E-state index contributed by atoms with van der Waals surface area (Å²) in [5.74, 6) is 0.408. The van der Waals surface area contributed by atoms with Crippen molar-refractivity contribution in [1.82, 2.24) is 0 Å². The van der Waals surface area contributed by atoms with E-state index in [1.54, 1.807) is 31.4 Å². The van der Waals surface area contributed by atoms with Gasteiger partial charge in [0.15, 0.2) is 9.84 Å². The molecule has 0 amide bonds. The zero-order chi connectivity index (χ0) is 18.9. The van der Waals surface area contributed by atoms with Gasteiger partial charge in [-0.15, -0.1) is 0 Å². The average molecular weight is 375 g/mol. The van der Waals surface area contributed by atoms with Crippen LogP contribution >= 0.6 is 0 Å². The third-order valence-electron chi connectivity index (χ3n) is 5.02. The summed E-state index contributed by atoms with van der Waals surface area (Å²) >= 11 is 0. The summed E-state index contributed by atoms with van der Waals surface area (Å²) in [7, 11) is -1.97. The molecule has 26 heavy (non-hydrogen) atoms. The van der Waals surface area contributed by atoms with E-state index in [9.17, 15) is 8.42 Å². The van der Waals surface area contributed by atoms with E-state index in [4.69, 9.17) is 15.2 Å². The number of aryl methyl sites for hydroxylation is 1. The number of methoxy groups -OCH3 is 1. The molecule has 5 nitrogen and oxygen atoms in total. The summed E-state index contributed by atoms with van der Waals surface area (Å²) < 4.78 is 37.2. The highest BCUT2D eigenvalue weighted by atomic mass is 32.2. The molecule has 0 aliphatic heterocycles. The molecule has 2 N–H and O–H groups in total. The predicted molar refractivity (Wildman–Crippen MR) is 101 cm³/mol. The molecule has 2 aromatic rings. The van der Waals surface area contributed by atoms with Gasteiger partial charge in [-0.25, -0.2) is 8.42 Å². The van der Waals surface area contributed by atoms with Gasteiger partial charge in [-0.3, -0.25) is 0 Å². The molecule has 140 valence electrons. The summed E-state index contributed by atoms with van der Waals surface area (Å²) in [4.78, 5) is 0.301. The second-order valence-corrected chi connectivity index (χ2v) is 8.85. The van der Waals surface area contributed by atoms with Crippen molar-refractivity contribution >= 4 is 9.84 Å². The maximum Gasteiger partial charge on any atom is 0.183 e. The molecule has 1 saturated carbocycles. The van der Waals surface area contributed by atoms with E-state index in [1.165, 1.54) is 0 Å². The molecule has 0 bridgehead atoms. The highest BCUT2D eigenvalue weighted by molar-refractivity contribution is 7.92. The van der Waals surface area contributed by atoms with Crippen LogP contribution in [0.25, 0.3) is 0 Å². The van der Waals surface area contributed by atoms with Crippen LogP contribution in [0.2, 0.25) is 0 Å². The van der Waals surface area contributed by atoms with Gasteiger partial charge in [0, 0.05) is 12.5 Å². The minimum absolute atomic E-state index is 0.204. The number of ether oxygens (including phenoxy) is 2. The molecule has 1 aliphatic carbocycles. The highest BCUT2D eigenvalue weighted by Gasteiger charge is 2.69. The van der Waals surface area contributed by atoms with Crippen molar-refractivity contribution in [3.05, 3.63) is 59.7 Å². The van der Waals surface area contributed by atoms with Crippen molar-refractivity contribution in [2.75, 3.05) is 20.3 Å². The SMILES string of the molecule is CCOC[C@@]1(N)[C@H](S(=O)(=O)c2ccc(C)cc2)[C@@H]1c1ccc(OC)cc1. The van der Waals surface area contributed by atoms with E-state index < -0.39 is 20.6 Å². The maximum atomic E-state index is 13.2. The summed E-state index contributed by atoms with van der Waals surface area (Å²) in [6.07, 6.45) is 0. The molecule has 1 fully saturated rings. The Bertz CT molecular complexity index is 862. The van der Waals surface area contributed by atoms with Crippen molar-refractivity contribution < 1.29 is 17.9 Å². The topological polar surface area (TPSA) is 78.6 Å². The van der Waals surface area contributed by atoms with E-state index in [0.717, 1.165) is 16.9 Å². The van der Waals surface area contributed by atoms with Gasteiger partial charge in [0.25, 0.3) is 0 Å². The molecule has 0 spiro atoms. The van der Waals surface area contributed by atoms with Crippen LogP contribution in [0.1, 0.15) is 24.0 Å². The fourth-order valence-electron chi connectivity index (χ4n) is 3.51. The molecular weight excluding hydrogens is 350 g/mol. The molecular formula is C20H25NO4S. The van der Waals surface area contributed by atoms with Crippen LogP contribution < -0.4 is 10.5 Å². The first kappa shape index (κ1) is 18.9. The lowest BCUT2D eigenvalue weighted by Crippen LogP contribution is -2.36. The molecule has 2 aromatic carbocycles. The van der Waals surface area contributed by atoms with E-state index >= 15 is 0 Å². The molecule has 1 aliphatic rings. The summed E-state index contributed by atoms with van der Waals surface area (Å²) in [5, 5.41) is -0.711. The minimum atomic E-state index is -3.57. The van der Waals surface area contributed by atoms with Crippen LogP contribution in [0.4, 0.5) is 0 Å². The maximum absolute atomic E-state index is 13.2. The molecule has 3 atom stereocenters. The van der Waals surface area contributed by atoms with Gasteiger partial charge in [0.05, 0.1) is 29.4 Å². The number of benzene rings is 2. The second kappa shape index (κ2) is 7.02. The van der Waals surface area contributed by atoms with Crippen LogP contribution in [0.5, 0.6) is 5.75 Å². The highest BCUT2D eigenvalue weighted by Crippen LogP contribution is 2.55. The lowest BCUT2D eigenvalue weighted by atomic mass is 10.1. The Labute approximate surface area is 155 Å². The smallest absolute Gasteiger partial charge is 0.183 e. The second-order valence-electron chi connectivity index (χ2n) is 6.78. The Balaban J connectivity index is 1.97. The lowest BCUT2D eigenvalue weighted by molar-refractivity contribution is 0.125. The van der Waals surface area contributed by atoms with Crippen LogP contribution in [-0.2, 0) is 14.6 Å². The van der Waals surface area contributed by atoms with E-state index in [0.29, 0.717) is 11.5 Å². The standard InChI is InChI=1S/C20H25NO4S/c1-4-25-13-20(21)18(15-7-9-16(24-3)10-8-15)19(20)26(22,23)17-11-5-14(2)6-12-17/h5-12,18-19H,4,13,21H2,1-3H3/t18-,19+,20-/m0/s1. The van der Waals surface area contributed by atoms with Crippen molar-refractivity contribution in [2.24, 2.45) is 5.73 Å². The molecule has 0 heterocycles. The predicted octanol–water partition coefficient (Wildman–Crippen LogP) is 2.68. The minimum Gasteiger partial charge on any atom is -0.497 e. The van der Waals surface area contributed by atoms with Crippen molar-refractivity contribution in [3.63, 3.8) is 0 Å². The fourth-order valence-corrected chi connectivity index (χ4v) is 5.80. The third-order valence-corrected chi connectivity index (χ3v) is 7.33. The average Bonchev–Trinajstić information content (AvgIpc) is 3.27. The zero-order valence-corrected chi connectivity index (χ0v) is 16.1. The Morgan fingerprint density at radius 2 is 1.69 bits per heavy atom. The Hall–Kier alpha value is -1.89. The van der Waals surface area contributed by atoms with Crippen LogP contribution in [0, 0.1) is 6.92 Å². The summed E-state index contributed by atoms with van der Waals surface area (Å²) in [6, 6.07) is 14.3. The van der Waals surface area contributed by atoms with Crippen LogP contribution in [-0.4, -0.2) is 39.5 Å². The van der Waals surface area contributed by atoms with Crippen LogP contribution in [0.15, 0.2) is 53.4 Å². The molecule has 0 saturated heterocycles. The molecule has 3 rings (SSSR count). The number of sulfone groups is 1. The number of hydrogen-bond acceptors (Lipinski definition) is 5. The van der Waals surface area contributed by atoms with Gasteiger partial charge in [-0.1, -0.05) is 29.8 Å². The molecule has 0 radical (unpaired) electrons. The monoisotopic (exact) mass is 375 g/mol. The van der Waals surface area contributed by atoms with E-state index in [1.807, 2.05) is 38.1 Å². The quantitative estimate of drug-likeness (QED) is 0.805. The van der Waals surface area contributed by atoms with Crippen LogP contribution in [0.3, 0.4) is 0 Å². The normalized spacial score (nSPS) is 25.1. The third kappa shape index (κ3) is 3.24. The van der Waals surface area contributed by atoms with Crippen molar-refractivity contribution in [1.29, 1.82) is 0 Å². The van der Waals surface area contributed by atoms with E-state index in [2.05, 4.69) is 0 Å². The van der Waals surface area contributed by atoms with Gasteiger partial charge < -0.3 is 15.2 Å². The van der Waals surface area contributed by atoms with Gasteiger partial charge >= 0.3 is 0 Å². The van der Waals surface area contributed by atoms with Gasteiger partial charge in [-0.05, 0) is 43.7 Å².